The van der Waals surface area contributed by atoms with Crippen molar-refractivity contribution in [1.82, 2.24) is 5.32 Å². The van der Waals surface area contributed by atoms with E-state index in [0.29, 0.717) is 11.6 Å². The molecule has 2 aromatic rings. The first-order chi connectivity index (χ1) is 9.83. The lowest BCUT2D eigenvalue weighted by molar-refractivity contribution is 0.310. The molecule has 1 N–H and O–H groups in total. The molecule has 1 aromatic carbocycles. The van der Waals surface area contributed by atoms with Gasteiger partial charge in [-0.1, -0.05) is 17.7 Å². The van der Waals surface area contributed by atoms with Crippen LogP contribution in [0.4, 0.5) is 0 Å². The summed E-state index contributed by atoms with van der Waals surface area (Å²) in [6, 6.07) is 10.1. The minimum absolute atomic E-state index is 0.135. The number of benzene rings is 1. The van der Waals surface area contributed by atoms with Gasteiger partial charge in [0.05, 0.1) is 5.02 Å². The van der Waals surface area contributed by atoms with Crippen molar-refractivity contribution in [3.8, 4) is 5.75 Å². The predicted molar refractivity (Wildman–Crippen MR) is 91.4 cm³/mol. The smallest absolute Gasteiger partial charge is 0.138 e. The van der Waals surface area contributed by atoms with Crippen molar-refractivity contribution in [1.29, 1.82) is 0 Å². The van der Waals surface area contributed by atoms with Crippen LogP contribution < -0.4 is 10.1 Å². The first-order valence-corrected chi connectivity index (χ1v) is 8.24. The molecular weight excluding hydrogens is 302 g/mol. The zero-order chi connectivity index (χ0) is 15.5. The highest BCUT2D eigenvalue weighted by Gasteiger charge is 2.10. The van der Waals surface area contributed by atoms with Gasteiger partial charge in [-0.25, -0.2) is 0 Å². The van der Waals surface area contributed by atoms with E-state index in [2.05, 4.69) is 38.2 Å². The van der Waals surface area contributed by atoms with Gasteiger partial charge in [0.15, 0.2) is 0 Å². The number of thiophene rings is 1. The summed E-state index contributed by atoms with van der Waals surface area (Å²) >= 11 is 7.91. The fourth-order valence-corrected chi connectivity index (χ4v) is 2.86. The molecule has 0 saturated carbocycles. The molecule has 0 atom stereocenters. The molecule has 0 aliphatic heterocycles. The van der Waals surface area contributed by atoms with Gasteiger partial charge in [0.1, 0.15) is 12.4 Å². The summed E-state index contributed by atoms with van der Waals surface area (Å²) in [4.78, 5) is 2.53. The monoisotopic (exact) mass is 323 g/mol. The van der Waals surface area contributed by atoms with Crippen LogP contribution in [-0.2, 0) is 13.2 Å². The van der Waals surface area contributed by atoms with Gasteiger partial charge in [0, 0.05) is 21.8 Å². The largest absolute Gasteiger partial charge is 0.486 e. The number of halogens is 1. The Morgan fingerprint density at radius 1 is 1.14 bits per heavy atom. The summed E-state index contributed by atoms with van der Waals surface area (Å²) in [6.07, 6.45) is 0. The van der Waals surface area contributed by atoms with Gasteiger partial charge in [-0.15, -0.1) is 11.3 Å². The molecule has 0 fully saturated rings. The fourth-order valence-electron chi connectivity index (χ4n) is 1.82. The molecule has 0 radical (unpaired) electrons. The van der Waals surface area contributed by atoms with Gasteiger partial charge in [-0.3, -0.25) is 0 Å². The second kappa shape index (κ2) is 6.82. The standard InChI is InChI=1S/C17H22ClNOS/c1-12-5-8-15(18)16(9-12)20-11-14-7-6-13(21-14)10-19-17(2,3)4/h5-9,19H,10-11H2,1-4H3. The Labute approximate surface area is 136 Å². The molecule has 0 unspecified atom stereocenters. The van der Waals surface area contributed by atoms with E-state index in [0.717, 1.165) is 17.9 Å². The van der Waals surface area contributed by atoms with Crippen LogP contribution in [0.2, 0.25) is 5.02 Å². The molecule has 0 spiro atoms. The Morgan fingerprint density at radius 2 is 1.86 bits per heavy atom. The number of hydrogen-bond donors (Lipinski definition) is 1. The zero-order valence-corrected chi connectivity index (χ0v) is 14.6. The number of aryl methyl sites for hydroxylation is 1. The highest BCUT2D eigenvalue weighted by atomic mass is 35.5. The second-order valence-corrected chi connectivity index (χ2v) is 7.85. The molecule has 21 heavy (non-hydrogen) atoms. The van der Waals surface area contributed by atoms with Crippen molar-refractivity contribution < 1.29 is 4.74 Å². The lowest BCUT2D eigenvalue weighted by atomic mass is 10.1. The summed E-state index contributed by atoms with van der Waals surface area (Å²) in [6.45, 7) is 9.99. The number of rotatable bonds is 5. The van der Waals surface area contributed by atoms with E-state index in [1.165, 1.54) is 9.75 Å². The predicted octanol–water partition coefficient (Wildman–Crippen LogP) is 5.18. The van der Waals surface area contributed by atoms with Crippen molar-refractivity contribution in [2.24, 2.45) is 0 Å². The summed E-state index contributed by atoms with van der Waals surface area (Å²) in [5.41, 5.74) is 1.28. The zero-order valence-electron chi connectivity index (χ0n) is 13.0. The first kappa shape index (κ1) is 16.3. The molecule has 1 aromatic heterocycles. The Morgan fingerprint density at radius 3 is 2.57 bits per heavy atom. The van der Waals surface area contributed by atoms with Gasteiger partial charge >= 0.3 is 0 Å². The van der Waals surface area contributed by atoms with Crippen molar-refractivity contribution in [2.45, 2.75) is 46.4 Å². The third-order valence-electron chi connectivity index (χ3n) is 2.97. The minimum atomic E-state index is 0.135. The van der Waals surface area contributed by atoms with Gasteiger partial charge < -0.3 is 10.1 Å². The lowest BCUT2D eigenvalue weighted by Crippen LogP contribution is -2.34. The second-order valence-electron chi connectivity index (χ2n) is 6.19. The van der Waals surface area contributed by atoms with Crippen LogP contribution in [0, 0.1) is 6.92 Å². The third-order valence-corrected chi connectivity index (χ3v) is 4.34. The minimum Gasteiger partial charge on any atom is -0.486 e. The maximum atomic E-state index is 6.14. The quantitative estimate of drug-likeness (QED) is 0.818. The number of hydrogen-bond acceptors (Lipinski definition) is 3. The molecule has 114 valence electrons. The molecule has 0 saturated heterocycles. The molecule has 2 rings (SSSR count). The normalized spacial score (nSPS) is 11.7. The van der Waals surface area contributed by atoms with E-state index in [-0.39, 0.29) is 5.54 Å². The Balaban J connectivity index is 1.92. The van der Waals surface area contributed by atoms with Gasteiger partial charge in [0.25, 0.3) is 0 Å². The average molecular weight is 324 g/mol. The van der Waals surface area contributed by atoms with Crippen LogP contribution in [0.5, 0.6) is 5.75 Å². The van der Waals surface area contributed by atoms with Crippen molar-refractivity contribution in [3.05, 3.63) is 50.7 Å². The molecule has 0 amide bonds. The molecule has 1 heterocycles. The van der Waals surface area contributed by atoms with Crippen LogP contribution in [0.25, 0.3) is 0 Å². The Kier molecular flexibility index (Phi) is 5.31. The molecule has 4 heteroatoms. The van der Waals surface area contributed by atoms with E-state index in [9.17, 15) is 0 Å². The highest BCUT2D eigenvalue weighted by Crippen LogP contribution is 2.27. The van der Waals surface area contributed by atoms with E-state index < -0.39 is 0 Å². The summed E-state index contributed by atoms with van der Waals surface area (Å²) in [7, 11) is 0. The number of nitrogens with one attached hydrogen (secondary N) is 1. The van der Waals surface area contributed by atoms with Crippen LogP contribution in [0.15, 0.2) is 30.3 Å². The first-order valence-electron chi connectivity index (χ1n) is 7.05. The maximum Gasteiger partial charge on any atom is 0.138 e. The molecule has 0 aliphatic carbocycles. The van der Waals surface area contributed by atoms with Crippen LogP contribution >= 0.6 is 22.9 Å². The van der Waals surface area contributed by atoms with E-state index in [4.69, 9.17) is 16.3 Å². The summed E-state index contributed by atoms with van der Waals surface area (Å²) in [5, 5.41) is 4.15. The Bertz CT molecular complexity index is 601. The molecule has 0 aliphatic rings. The van der Waals surface area contributed by atoms with Crippen LogP contribution in [0.1, 0.15) is 36.1 Å². The van der Waals surface area contributed by atoms with Crippen molar-refractivity contribution in [3.63, 3.8) is 0 Å². The molecular formula is C17H22ClNOS. The summed E-state index contributed by atoms with van der Waals surface area (Å²) < 4.78 is 5.82. The van der Waals surface area contributed by atoms with E-state index in [1.54, 1.807) is 11.3 Å². The van der Waals surface area contributed by atoms with Gasteiger partial charge in [-0.05, 0) is 57.5 Å². The highest BCUT2D eigenvalue weighted by molar-refractivity contribution is 7.11. The summed E-state index contributed by atoms with van der Waals surface area (Å²) in [5.74, 6) is 0.749. The maximum absolute atomic E-state index is 6.14. The van der Waals surface area contributed by atoms with Gasteiger partial charge in [-0.2, -0.15) is 0 Å². The topological polar surface area (TPSA) is 21.3 Å². The lowest BCUT2D eigenvalue weighted by Gasteiger charge is -2.19. The van der Waals surface area contributed by atoms with E-state index >= 15 is 0 Å². The van der Waals surface area contributed by atoms with Crippen LogP contribution in [0.3, 0.4) is 0 Å². The molecule has 2 nitrogen and oxygen atoms in total. The van der Waals surface area contributed by atoms with Crippen LogP contribution in [-0.4, -0.2) is 5.54 Å². The van der Waals surface area contributed by atoms with Crippen molar-refractivity contribution in [2.75, 3.05) is 0 Å². The van der Waals surface area contributed by atoms with E-state index in [1.807, 2.05) is 25.1 Å². The SMILES string of the molecule is Cc1ccc(Cl)c(OCc2ccc(CNC(C)(C)C)s2)c1. The Hall–Kier alpha value is -1.03. The average Bonchev–Trinajstić information content (AvgIpc) is 2.85. The fraction of sp³-hybridized carbons (Fsp3) is 0.412. The number of ether oxygens (including phenoxy) is 1. The van der Waals surface area contributed by atoms with Gasteiger partial charge in [0.2, 0.25) is 0 Å². The third kappa shape index (κ3) is 5.34. The van der Waals surface area contributed by atoms with Crippen molar-refractivity contribution >= 4 is 22.9 Å². The molecule has 0 bridgehead atoms.